The van der Waals surface area contributed by atoms with Gasteiger partial charge in [-0.25, -0.2) is 8.78 Å². The van der Waals surface area contributed by atoms with Gasteiger partial charge in [0.1, 0.15) is 17.2 Å². The van der Waals surface area contributed by atoms with Crippen LogP contribution in [-0.4, -0.2) is 28.7 Å². The Morgan fingerprint density at radius 2 is 1.71 bits per heavy atom. The number of aryl methyl sites for hydroxylation is 2. The first-order valence-electron chi connectivity index (χ1n) is 11.1. The second-order valence-corrected chi connectivity index (χ2v) is 9.23. The predicted molar refractivity (Wildman–Crippen MR) is 136 cm³/mol. The first kappa shape index (κ1) is 24.5. The number of carbonyl (C=O) groups is 2. The van der Waals surface area contributed by atoms with Gasteiger partial charge in [-0.1, -0.05) is 42.0 Å². The number of hydrogen-bond acceptors (Lipinski definition) is 3. The number of anilines is 1. The Morgan fingerprint density at radius 3 is 2.46 bits per heavy atom. The molecule has 0 unspecified atom stereocenters. The van der Waals surface area contributed by atoms with E-state index >= 15 is 0 Å². The monoisotopic (exact) mass is 493 g/mol. The number of nitrogens with zero attached hydrogens (tertiary/aromatic N) is 1. The van der Waals surface area contributed by atoms with E-state index in [2.05, 4.69) is 10.6 Å². The van der Waals surface area contributed by atoms with Gasteiger partial charge in [0.25, 0.3) is 5.91 Å². The van der Waals surface area contributed by atoms with Crippen LogP contribution in [0.1, 0.15) is 21.5 Å². The van der Waals surface area contributed by atoms with Crippen molar-refractivity contribution in [3.05, 3.63) is 95.2 Å². The molecule has 0 aliphatic rings. The van der Waals surface area contributed by atoms with Crippen molar-refractivity contribution in [1.82, 2.24) is 9.88 Å². The molecule has 8 heteroatoms. The van der Waals surface area contributed by atoms with Crippen LogP contribution in [0.25, 0.3) is 10.9 Å². The minimum absolute atomic E-state index is 0.0991. The molecule has 0 atom stereocenters. The van der Waals surface area contributed by atoms with Gasteiger partial charge < -0.3 is 15.2 Å². The highest BCUT2D eigenvalue weighted by molar-refractivity contribution is 8.00. The largest absolute Gasteiger partial charge is 0.350 e. The Labute approximate surface area is 206 Å². The fourth-order valence-corrected chi connectivity index (χ4v) is 4.78. The van der Waals surface area contributed by atoms with Crippen molar-refractivity contribution in [3.8, 4) is 0 Å². The van der Waals surface area contributed by atoms with E-state index in [9.17, 15) is 18.4 Å². The number of hydrogen-bond donors (Lipinski definition) is 2. The van der Waals surface area contributed by atoms with Gasteiger partial charge in [0.05, 0.1) is 5.75 Å². The molecule has 1 aromatic heterocycles. The number of benzene rings is 3. The van der Waals surface area contributed by atoms with Crippen molar-refractivity contribution < 1.29 is 18.4 Å². The van der Waals surface area contributed by atoms with Crippen molar-refractivity contribution >= 4 is 40.2 Å². The molecule has 180 valence electrons. The lowest BCUT2D eigenvalue weighted by Gasteiger charge is -2.09. The van der Waals surface area contributed by atoms with E-state index < -0.39 is 23.1 Å². The quantitative estimate of drug-likeness (QED) is 0.310. The SMILES string of the molecule is Cc1ccc(NC(=O)CSc2cn(CCNC(=O)c3c(F)cccc3F)c3ccccc23)c(C)c1. The van der Waals surface area contributed by atoms with Crippen molar-refractivity contribution in [1.29, 1.82) is 0 Å². The lowest BCUT2D eigenvalue weighted by molar-refractivity contribution is -0.113. The fraction of sp³-hybridized carbons (Fsp3) is 0.185. The maximum atomic E-state index is 13.8. The van der Waals surface area contributed by atoms with Crippen LogP contribution >= 0.6 is 11.8 Å². The molecule has 3 aromatic carbocycles. The van der Waals surface area contributed by atoms with E-state index in [1.807, 2.05) is 67.1 Å². The number of carbonyl (C=O) groups excluding carboxylic acids is 2. The van der Waals surface area contributed by atoms with Crippen LogP contribution in [-0.2, 0) is 11.3 Å². The van der Waals surface area contributed by atoms with Gasteiger partial charge in [0.2, 0.25) is 5.91 Å². The predicted octanol–water partition coefficient (Wildman–Crippen LogP) is 5.70. The Morgan fingerprint density at radius 1 is 0.971 bits per heavy atom. The Kier molecular flexibility index (Phi) is 7.51. The fourth-order valence-electron chi connectivity index (χ4n) is 3.89. The Balaban J connectivity index is 1.41. The molecular formula is C27H25F2N3O2S. The van der Waals surface area contributed by atoms with Gasteiger partial charge in [-0.05, 0) is 43.7 Å². The summed E-state index contributed by atoms with van der Waals surface area (Å²) in [4.78, 5) is 25.8. The first-order valence-corrected chi connectivity index (χ1v) is 12.1. The summed E-state index contributed by atoms with van der Waals surface area (Å²) in [5.74, 6) is -2.45. The second kappa shape index (κ2) is 10.7. The van der Waals surface area contributed by atoms with E-state index in [0.717, 1.165) is 44.7 Å². The van der Waals surface area contributed by atoms with Crippen molar-refractivity contribution in [2.45, 2.75) is 25.3 Å². The molecule has 0 bridgehead atoms. The van der Waals surface area contributed by atoms with E-state index in [1.165, 1.54) is 17.8 Å². The van der Waals surface area contributed by atoms with Gasteiger partial charge >= 0.3 is 0 Å². The molecule has 0 spiro atoms. The normalized spacial score (nSPS) is 11.0. The molecule has 0 fully saturated rings. The van der Waals surface area contributed by atoms with Gasteiger partial charge in [0.15, 0.2) is 0 Å². The molecule has 2 amide bonds. The van der Waals surface area contributed by atoms with E-state index in [-0.39, 0.29) is 18.2 Å². The molecule has 1 heterocycles. The minimum Gasteiger partial charge on any atom is -0.350 e. The minimum atomic E-state index is -0.897. The Bertz CT molecular complexity index is 1380. The van der Waals surface area contributed by atoms with E-state index in [4.69, 9.17) is 0 Å². The van der Waals surface area contributed by atoms with Crippen molar-refractivity contribution in [2.75, 3.05) is 17.6 Å². The van der Waals surface area contributed by atoms with Crippen LogP contribution in [0.4, 0.5) is 14.5 Å². The van der Waals surface area contributed by atoms with Crippen molar-refractivity contribution in [2.24, 2.45) is 0 Å². The second-order valence-electron chi connectivity index (χ2n) is 8.21. The molecule has 0 aliphatic heterocycles. The number of para-hydroxylation sites is 1. The number of aromatic nitrogens is 1. The highest BCUT2D eigenvalue weighted by atomic mass is 32.2. The van der Waals surface area contributed by atoms with Crippen LogP contribution in [0.15, 0.2) is 71.8 Å². The third-order valence-electron chi connectivity index (χ3n) is 5.59. The summed E-state index contributed by atoms with van der Waals surface area (Å²) in [6.45, 7) is 4.55. The molecule has 0 saturated carbocycles. The average molecular weight is 494 g/mol. The molecule has 0 radical (unpaired) electrons. The van der Waals surface area contributed by atoms with Gasteiger partial charge in [-0.3, -0.25) is 9.59 Å². The van der Waals surface area contributed by atoms with Crippen LogP contribution in [0, 0.1) is 25.5 Å². The standard InChI is InChI=1S/C27H25F2N3O2S/c1-17-10-11-22(18(2)14-17)31-25(33)16-35-24-15-32(23-9-4-3-6-19(23)24)13-12-30-27(34)26-20(28)7-5-8-21(26)29/h3-11,14-15H,12-13,16H2,1-2H3,(H,30,34)(H,31,33). The number of fused-ring (bicyclic) bond motifs is 1. The molecule has 35 heavy (non-hydrogen) atoms. The third-order valence-corrected chi connectivity index (χ3v) is 6.64. The van der Waals surface area contributed by atoms with E-state index in [0.29, 0.717) is 6.54 Å². The average Bonchev–Trinajstić information content (AvgIpc) is 3.17. The molecule has 5 nitrogen and oxygen atoms in total. The maximum absolute atomic E-state index is 13.8. The van der Waals surface area contributed by atoms with Crippen LogP contribution in [0.5, 0.6) is 0 Å². The summed E-state index contributed by atoms with van der Waals surface area (Å²) < 4.78 is 29.7. The summed E-state index contributed by atoms with van der Waals surface area (Å²) in [6, 6.07) is 17.0. The summed E-state index contributed by atoms with van der Waals surface area (Å²) >= 11 is 1.43. The molecule has 2 N–H and O–H groups in total. The molecule has 4 rings (SSSR count). The Hall–Kier alpha value is -3.65. The lowest BCUT2D eigenvalue weighted by Crippen LogP contribution is -2.28. The third kappa shape index (κ3) is 5.71. The van der Waals surface area contributed by atoms with Crippen LogP contribution in [0.2, 0.25) is 0 Å². The van der Waals surface area contributed by atoms with Gasteiger partial charge in [0, 0.05) is 40.8 Å². The topological polar surface area (TPSA) is 63.1 Å². The molecular weight excluding hydrogens is 468 g/mol. The highest BCUT2D eigenvalue weighted by Crippen LogP contribution is 2.30. The number of nitrogens with one attached hydrogen (secondary N) is 2. The maximum Gasteiger partial charge on any atom is 0.257 e. The zero-order valence-electron chi connectivity index (χ0n) is 19.4. The number of amides is 2. The molecule has 0 saturated heterocycles. The molecule has 0 aliphatic carbocycles. The zero-order chi connectivity index (χ0) is 24.9. The summed E-state index contributed by atoms with van der Waals surface area (Å²) in [5, 5.41) is 6.53. The number of rotatable bonds is 8. The number of halogens is 2. The van der Waals surface area contributed by atoms with Gasteiger partial charge in [-0.15, -0.1) is 11.8 Å². The first-order chi connectivity index (χ1) is 16.8. The van der Waals surface area contributed by atoms with Crippen molar-refractivity contribution in [3.63, 3.8) is 0 Å². The highest BCUT2D eigenvalue weighted by Gasteiger charge is 2.17. The lowest BCUT2D eigenvalue weighted by atomic mass is 10.1. The summed E-state index contributed by atoms with van der Waals surface area (Å²) in [5.41, 5.74) is 3.30. The summed E-state index contributed by atoms with van der Waals surface area (Å²) in [6.07, 6.45) is 1.93. The summed E-state index contributed by atoms with van der Waals surface area (Å²) in [7, 11) is 0. The number of thioether (sulfide) groups is 1. The van der Waals surface area contributed by atoms with Crippen LogP contribution < -0.4 is 10.6 Å². The van der Waals surface area contributed by atoms with Crippen LogP contribution in [0.3, 0.4) is 0 Å². The smallest absolute Gasteiger partial charge is 0.257 e. The van der Waals surface area contributed by atoms with Gasteiger partial charge in [-0.2, -0.15) is 0 Å². The zero-order valence-corrected chi connectivity index (χ0v) is 20.2. The van der Waals surface area contributed by atoms with E-state index in [1.54, 1.807) is 0 Å². The molecule has 4 aromatic rings.